The Morgan fingerprint density at radius 1 is 1.08 bits per heavy atom. The maximum atomic E-state index is 13.1. The van der Waals surface area contributed by atoms with Crippen LogP contribution in [0.2, 0.25) is 0 Å². The molecule has 1 amide bonds. The van der Waals surface area contributed by atoms with E-state index < -0.39 is 24.3 Å². The van der Waals surface area contributed by atoms with Crippen molar-refractivity contribution in [1.29, 1.82) is 0 Å². The molecule has 2 aromatic heterocycles. The molecule has 26 heavy (non-hydrogen) atoms. The molecule has 0 aliphatic carbocycles. The molecule has 2 heterocycles. The zero-order valence-electron chi connectivity index (χ0n) is 13.5. The van der Waals surface area contributed by atoms with E-state index in [0.717, 1.165) is 9.75 Å². The fourth-order valence-corrected chi connectivity index (χ4v) is 3.54. The van der Waals surface area contributed by atoms with Crippen molar-refractivity contribution in [3.8, 4) is 0 Å². The molecule has 0 unspecified atom stereocenters. The average Bonchev–Trinajstić information content (AvgIpc) is 3.31. The number of hydrogen-bond acceptors (Lipinski definition) is 5. The average molecular weight is 387 g/mol. The summed E-state index contributed by atoms with van der Waals surface area (Å²) in [6.45, 7) is -0.456. The molecular formula is C19H14FNO3S2. The Balaban J connectivity index is 1.66. The highest BCUT2D eigenvalue weighted by Gasteiger charge is 2.17. The van der Waals surface area contributed by atoms with Crippen LogP contribution in [0.1, 0.15) is 9.75 Å². The van der Waals surface area contributed by atoms with Gasteiger partial charge >= 0.3 is 5.97 Å². The first-order chi connectivity index (χ1) is 12.6. The molecule has 4 nitrogen and oxygen atoms in total. The number of benzene rings is 1. The number of carbonyl (C=O) groups excluding carboxylic acids is 2. The Hall–Kier alpha value is -2.77. The van der Waals surface area contributed by atoms with Gasteiger partial charge < -0.3 is 10.1 Å². The van der Waals surface area contributed by atoms with Gasteiger partial charge in [-0.15, -0.1) is 22.7 Å². The number of anilines is 1. The minimum atomic E-state index is -0.588. The van der Waals surface area contributed by atoms with Gasteiger partial charge in [-0.1, -0.05) is 18.2 Å². The number of ether oxygens (including phenoxy) is 1. The second kappa shape index (κ2) is 8.55. The molecule has 0 fully saturated rings. The monoisotopic (exact) mass is 387 g/mol. The largest absolute Gasteiger partial charge is 0.452 e. The summed E-state index contributed by atoms with van der Waals surface area (Å²) in [6.07, 6.45) is 1.74. The highest BCUT2D eigenvalue weighted by Crippen LogP contribution is 2.25. The van der Waals surface area contributed by atoms with Crippen LogP contribution in [0.3, 0.4) is 0 Å². The van der Waals surface area contributed by atoms with Crippen molar-refractivity contribution in [1.82, 2.24) is 0 Å². The van der Waals surface area contributed by atoms with Gasteiger partial charge in [0.05, 0.1) is 5.57 Å². The Bertz CT molecular complexity index is 918. The Kier molecular flexibility index (Phi) is 5.93. The molecule has 1 N–H and O–H groups in total. The quantitative estimate of drug-likeness (QED) is 0.494. The molecule has 0 saturated carbocycles. The molecular weight excluding hydrogens is 373 g/mol. The lowest BCUT2D eigenvalue weighted by atomic mass is 10.2. The van der Waals surface area contributed by atoms with E-state index in [0.29, 0.717) is 11.3 Å². The van der Waals surface area contributed by atoms with Crippen LogP contribution in [0.4, 0.5) is 10.1 Å². The Morgan fingerprint density at radius 2 is 1.88 bits per heavy atom. The molecule has 0 aliphatic heterocycles. The van der Waals surface area contributed by atoms with Gasteiger partial charge in [0.15, 0.2) is 6.61 Å². The Labute approximate surface area is 157 Å². The first-order valence-corrected chi connectivity index (χ1v) is 9.39. The van der Waals surface area contributed by atoms with Crippen LogP contribution in [-0.2, 0) is 14.3 Å². The number of thiophene rings is 2. The lowest BCUT2D eigenvalue weighted by Crippen LogP contribution is -2.21. The number of amides is 1. The van der Waals surface area contributed by atoms with E-state index >= 15 is 0 Å². The number of nitrogens with one attached hydrogen (secondary N) is 1. The molecule has 0 atom stereocenters. The summed E-state index contributed by atoms with van der Waals surface area (Å²) in [5.41, 5.74) is 0.694. The SMILES string of the molecule is O=C(COC(=O)C(=Cc1cccs1)c1cccs1)Nc1cccc(F)c1. The third kappa shape index (κ3) is 4.87. The lowest BCUT2D eigenvalue weighted by Gasteiger charge is -2.08. The van der Waals surface area contributed by atoms with Crippen molar-refractivity contribution in [2.75, 3.05) is 11.9 Å². The predicted molar refractivity (Wildman–Crippen MR) is 102 cm³/mol. The fraction of sp³-hybridized carbons (Fsp3) is 0.0526. The summed E-state index contributed by atoms with van der Waals surface area (Å²) in [4.78, 5) is 26.1. The summed E-state index contributed by atoms with van der Waals surface area (Å²) in [5, 5.41) is 6.26. The van der Waals surface area contributed by atoms with Gasteiger partial charge in [-0.2, -0.15) is 0 Å². The molecule has 0 saturated heterocycles. The lowest BCUT2D eigenvalue weighted by molar-refractivity contribution is -0.141. The normalized spacial score (nSPS) is 11.2. The smallest absolute Gasteiger partial charge is 0.340 e. The molecule has 0 bridgehead atoms. The molecule has 0 aliphatic rings. The summed E-state index contributed by atoms with van der Waals surface area (Å²) >= 11 is 2.91. The maximum absolute atomic E-state index is 13.1. The topological polar surface area (TPSA) is 55.4 Å². The van der Waals surface area contributed by atoms with Crippen LogP contribution in [0, 0.1) is 5.82 Å². The van der Waals surface area contributed by atoms with Crippen molar-refractivity contribution >= 4 is 51.9 Å². The van der Waals surface area contributed by atoms with Crippen molar-refractivity contribution in [2.24, 2.45) is 0 Å². The van der Waals surface area contributed by atoms with Crippen molar-refractivity contribution in [3.05, 3.63) is 74.9 Å². The van der Waals surface area contributed by atoms with E-state index in [1.807, 2.05) is 35.0 Å². The minimum Gasteiger partial charge on any atom is -0.452 e. The molecule has 0 spiro atoms. The van der Waals surface area contributed by atoms with Crippen molar-refractivity contribution < 1.29 is 18.7 Å². The van der Waals surface area contributed by atoms with E-state index in [2.05, 4.69) is 5.32 Å². The van der Waals surface area contributed by atoms with Gasteiger partial charge in [-0.3, -0.25) is 4.79 Å². The van der Waals surface area contributed by atoms with Gasteiger partial charge in [0.25, 0.3) is 5.91 Å². The number of hydrogen-bond donors (Lipinski definition) is 1. The number of rotatable bonds is 6. The first kappa shape index (κ1) is 18.0. The van der Waals surface area contributed by atoms with Crippen LogP contribution in [-0.4, -0.2) is 18.5 Å². The minimum absolute atomic E-state index is 0.304. The molecule has 1 aromatic carbocycles. The molecule has 132 valence electrons. The maximum Gasteiger partial charge on any atom is 0.340 e. The summed E-state index contributed by atoms with van der Waals surface area (Å²) in [7, 11) is 0. The standard InChI is InChI=1S/C19H14FNO3S2/c20-13-4-1-5-14(10-13)21-18(22)12-24-19(23)16(17-7-3-9-26-17)11-15-6-2-8-25-15/h1-11H,12H2,(H,21,22). The molecule has 0 radical (unpaired) electrons. The molecule has 7 heteroatoms. The second-order valence-corrected chi connectivity index (χ2v) is 7.11. The van der Waals surface area contributed by atoms with Crippen LogP contribution in [0.15, 0.2) is 59.3 Å². The van der Waals surface area contributed by atoms with E-state index in [-0.39, 0.29) is 0 Å². The molecule has 3 aromatic rings. The van der Waals surface area contributed by atoms with E-state index in [4.69, 9.17) is 4.74 Å². The predicted octanol–water partition coefficient (Wildman–Crippen LogP) is 4.67. The Morgan fingerprint density at radius 3 is 2.58 bits per heavy atom. The van der Waals surface area contributed by atoms with Gasteiger partial charge in [0.1, 0.15) is 5.82 Å². The zero-order chi connectivity index (χ0) is 18.4. The van der Waals surface area contributed by atoms with Gasteiger partial charge in [-0.25, -0.2) is 9.18 Å². The summed E-state index contributed by atoms with van der Waals surface area (Å²) in [5.74, 6) is -1.58. The second-order valence-electron chi connectivity index (χ2n) is 5.19. The summed E-state index contributed by atoms with van der Waals surface area (Å²) < 4.78 is 18.3. The van der Waals surface area contributed by atoms with E-state index in [1.54, 1.807) is 12.1 Å². The first-order valence-electron chi connectivity index (χ1n) is 7.63. The summed E-state index contributed by atoms with van der Waals surface area (Å²) in [6, 6.07) is 12.9. The van der Waals surface area contributed by atoms with Crippen LogP contribution in [0.25, 0.3) is 11.6 Å². The number of esters is 1. The zero-order valence-corrected chi connectivity index (χ0v) is 15.1. The van der Waals surface area contributed by atoms with Crippen molar-refractivity contribution in [3.63, 3.8) is 0 Å². The van der Waals surface area contributed by atoms with Gasteiger partial charge in [0.2, 0.25) is 0 Å². The van der Waals surface area contributed by atoms with Crippen LogP contribution in [0.5, 0.6) is 0 Å². The number of carbonyl (C=O) groups is 2. The van der Waals surface area contributed by atoms with E-state index in [1.165, 1.54) is 40.9 Å². The van der Waals surface area contributed by atoms with Gasteiger partial charge in [-0.05, 0) is 47.2 Å². The van der Waals surface area contributed by atoms with Crippen molar-refractivity contribution in [2.45, 2.75) is 0 Å². The third-order valence-electron chi connectivity index (χ3n) is 3.28. The highest BCUT2D eigenvalue weighted by molar-refractivity contribution is 7.12. The third-order valence-corrected chi connectivity index (χ3v) is 5.00. The van der Waals surface area contributed by atoms with Crippen LogP contribution < -0.4 is 5.32 Å². The van der Waals surface area contributed by atoms with Crippen LogP contribution >= 0.6 is 22.7 Å². The number of halogens is 1. The van der Waals surface area contributed by atoms with E-state index in [9.17, 15) is 14.0 Å². The highest BCUT2D eigenvalue weighted by atomic mass is 32.1. The molecule has 3 rings (SSSR count). The van der Waals surface area contributed by atoms with Gasteiger partial charge in [0, 0.05) is 15.4 Å². The fourth-order valence-electron chi connectivity index (χ4n) is 2.15.